The minimum Gasteiger partial charge on any atom is -0.355 e. The molecule has 0 unspecified atom stereocenters. The minimum absolute atomic E-state index is 0.0642. The maximum absolute atomic E-state index is 11.2. The Morgan fingerprint density at radius 1 is 1.45 bits per heavy atom. The average Bonchev–Trinajstić information content (AvgIpc) is 2.96. The van der Waals surface area contributed by atoms with Gasteiger partial charge in [0.2, 0.25) is 10.0 Å². The number of benzene rings is 1. The van der Waals surface area contributed by atoms with Gasteiger partial charge in [-0.15, -0.1) is 0 Å². The van der Waals surface area contributed by atoms with Gasteiger partial charge >= 0.3 is 0 Å². The summed E-state index contributed by atoms with van der Waals surface area (Å²) in [4.78, 5) is 4.06. The van der Waals surface area contributed by atoms with E-state index in [4.69, 9.17) is 16.7 Å². The molecule has 1 aromatic carbocycles. The Balaban J connectivity index is 1.82. The number of rotatable bonds is 3. The van der Waals surface area contributed by atoms with Crippen molar-refractivity contribution in [3.05, 3.63) is 40.5 Å². The minimum atomic E-state index is -3.68. The highest BCUT2D eigenvalue weighted by molar-refractivity contribution is 7.91. The predicted octanol–water partition coefficient (Wildman–Crippen LogP) is 2.54. The van der Waals surface area contributed by atoms with Crippen molar-refractivity contribution in [2.75, 3.05) is 5.32 Å². The van der Waals surface area contributed by atoms with Gasteiger partial charge in [0.05, 0.1) is 12.2 Å². The third-order valence-electron chi connectivity index (χ3n) is 3.25. The molecule has 5 nitrogen and oxygen atoms in total. The molecule has 0 bridgehead atoms. The Morgan fingerprint density at radius 3 is 2.95 bits per heavy atom. The largest absolute Gasteiger partial charge is 0.355 e. The molecule has 0 aliphatic heterocycles. The van der Waals surface area contributed by atoms with Crippen LogP contribution in [0.15, 0.2) is 28.6 Å². The van der Waals surface area contributed by atoms with E-state index in [1.165, 1.54) is 17.3 Å². The SMILES string of the molecule is NS(=O)(=O)c1cnc(N[C@H]2CCc3cc(Cl)ccc32)s1. The number of thiazole rings is 1. The molecule has 3 N–H and O–H groups in total. The smallest absolute Gasteiger partial charge is 0.249 e. The van der Waals surface area contributed by atoms with Gasteiger partial charge in [0, 0.05) is 5.02 Å². The third-order valence-corrected chi connectivity index (χ3v) is 5.82. The number of nitrogens with one attached hydrogen (secondary N) is 1. The zero-order chi connectivity index (χ0) is 14.3. The first-order valence-electron chi connectivity index (χ1n) is 5.97. The van der Waals surface area contributed by atoms with Crippen molar-refractivity contribution < 1.29 is 8.42 Å². The van der Waals surface area contributed by atoms with E-state index in [0.29, 0.717) is 5.13 Å². The van der Waals surface area contributed by atoms with Crippen LogP contribution in [-0.2, 0) is 16.4 Å². The fourth-order valence-electron chi connectivity index (χ4n) is 2.34. The number of aromatic nitrogens is 1. The highest BCUT2D eigenvalue weighted by atomic mass is 35.5. The Bertz CT molecular complexity index is 758. The van der Waals surface area contributed by atoms with E-state index in [1.807, 2.05) is 18.2 Å². The quantitative estimate of drug-likeness (QED) is 0.906. The molecule has 0 radical (unpaired) electrons. The van der Waals surface area contributed by atoms with Gasteiger partial charge in [0.1, 0.15) is 0 Å². The molecule has 1 atom stereocenters. The molecule has 0 spiro atoms. The van der Waals surface area contributed by atoms with Gasteiger partial charge in [0.15, 0.2) is 9.34 Å². The van der Waals surface area contributed by atoms with Crippen LogP contribution in [-0.4, -0.2) is 13.4 Å². The van der Waals surface area contributed by atoms with Gasteiger partial charge in [-0.25, -0.2) is 18.5 Å². The summed E-state index contributed by atoms with van der Waals surface area (Å²) in [6.45, 7) is 0. The summed E-state index contributed by atoms with van der Waals surface area (Å²) in [5, 5.41) is 9.61. The Hall–Kier alpha value is -1.15. The van der Waals surface area contributed by atoms with Crippen molar-refractivity contribution >= 4 is 38.1 Å². The number of aryl methyl sites for hydroxylation is 1. The van der Waals surface area contributed by atoms with E-state index in [0.717, 1.165) is 29.2 Å². The van der Waals surface area contributed by atoms with Crippen molar-refractivity contribution in [2.45, 2.75) is 23.1 Å². The number of nitrogens with two attached hydrogens (primary N) is 1. The number of nitrogens with zero attached hydrogens (tertiary/aromatic N) is 1. The molecule has 2 aromatic rings. The van der Waals surface area contributed by atoms with Crippen LogP contribution in [0, 0.1) is 0 Å². The third kappa shape index (κ3) is 2.67. The van der Waals surface area contributed by atoms with Crippen LogP contribution in [0.1, 0.15) is 23.6 Å². The molecule has 0 saturated heterocycles. The molecule has 1 heterocycles. The van der Waals surface area contributed by atoms with Crippen molar-refractivity contribution in [2.24, 2.45) is 5.14 Å². The topological polar surface area (TPSA) is 85.1 Å². The van der Waals surface area contributed by atoms with E-state index in [2.05, 4.69) is 10.3 Å². The van der Waals surface area contributed by atoms with E-state index in [9.17, 15) is 8.42 Å². The highest BCUT2D eigenvalue weighted by Crippen LogP contribution is 2.36. The van der Waals surface area contributed by atoms with Gasteiger partial charge in [0.25, 0.3) is 0 Å². The lowest BCUT2D eigenvalue weighted by Gasteiger charge is -2.12. The fraction of sp³-hybridized carbons (Fsp3) is 0.250. The molecule has 0 saturated carbocycles. The molecular weight excluding hydrogens is 318 g/mol. The van der Waals surface area contributed by atoms with Gasteiger partial charge in [-0.3, -0.25) is 0 Å². The van der Waals surface area contributed by atoms with Crippen LogP contribution in [0.4, 0.5) is 5.13 Å². The summed E-state index contributed by atoms with van der Waals surface area (Å²) >= 11 is 7.02. The zero-order valence-corrected chi connectivity index (χ0v) is 12.7. The molecule has 20 heavy (non-hydrogen) atoms. The zero-order valence-electron chi connectivity index (χ0n) is 10.3. The van der Waals surface area contributed by atoms with Crippen molar-refractivity contribution in [1.82, 2.24) is 4.98 Å². The van der Waals surface area contributed by atoms with Crippen molar-refractivity contribution in [3.8, 4) is 0 Å². The molecule has 8 heteroatoms. The van der Waals surface area contributed by atoms with Crippen LogP contribution in [0.5, 0.6) is 0 Å². The molecule has 1 aromatic heterocycles. The Labute approximate surface area is 125 Å². The summed E-state index contributed by atoms with van der Waals surface area (Å²) in [5.41, 5.74) is 2.40. The maximum atomic E-state index is 11.2. The second-order valence-electron chi connectivity index (χ2n) is 4.61. The summed E-state index contributed by atoms with van der Waals surface area (Å²) in [6, 6.07) is 5.95. The summed E-state index contributed by atoms with van der Waals surface area (Å²) in [7, 11) is -3.68. The van der Waals surface area contributed by atoms with Gasteiger partial charge < -0.3 is 5.32 Å². The number of hydrogen-bond donors (Lipinski definition) is 2. The summed E-state index contributed by atoms with van der Waals surface area (Å²) < 4.78 is 22.5. The standard InChI is InChI=1S/C12H12ClN3O2S2/c13-8-2-3-9-7(5-8)1-4-10(9)16-12-15-6-11(19-12)20(14,17)18/h2-3,5-6,10H,1,4H2,(H,15,16)(H2,14,17,18)/t10-/m0/s1. The maximum Gasteiger partial charge on any atom is 0.249 e. The lowest BCUT2D eigenvalue weighted by atomic mass is 10.1. The number of sulfonamides is 1. The predicted molar refractivity (Wildman–Crippen MR) is 79.6 cm³/mol. The first-order chi connectivity index (χ1) is 9.43. The normalized spacial score (nSPS) is 18.0. The lowest BCUT2D eigenvalue weighted by molar-refractivity contribution is 0.599. The van der Waals surface area contributed by atoms with Crippen LogP contribution in [0.2, 0.25) is 5.02 Å². The Kier molecular flexibility index (Phi) is 3.45. The van der Waals surface area contributed by atoms with E-state index >= 15 is 0 Å². The van der Waals surface area contributed by atoms with E-state index in [-0.39, 0.29) is 10.3 Å². The van der Waals surface area contributed by atoms with Crippen LogP contribution < -0.4 is 10.5 Å². The monoisotopic (exact) mass is 329 g/mol. The molecule has 3 rings (SSSR count). The second-order valence-corrected chi connectivity index (χ2v) is 7.86. The highest BCUT2D eigenvalue weighted by Gasteiger charge is 2.23. The van der Waals surface area contributed by atoms with E-state index < -0.39 is 10.0 Å². The van der Waals surface area contributed by atoms with Crippen LogP contribution in [0.3, 0.4) is 0 Å². The molecular formula is C12H12ClN3O2S2. The summed E-state index contributed by atoms with van der Waals surface area (Å²) in [5.74, 6) is 0. The van der Waals surface area contributed by atoms with Gasteiger partial charge in [-0.2, -0.15) is 0 Å². The second kappa shape index (κ2) is 5.00. The number of primary sulfonamides is 1. The van der Waals surface area contributed by atoms with Gasteiger partial charge in [-0.1, -0.05) is 29.0 Å². The molecule has 0 fully saturated rings. The van der Waals surface area contributed by atoms with Crippen molar-refractivity contribution in [1.29, 1.82) is 0 Å². The fourth-order valence-corrected chi connectivity index (χ4v) is 4.04. The molecule has 1 aliphatic rings. The van der Waals surface area contributed by atoms with E-state index in [1.54, 1.807) is 0 Å². The summed E-state index contributed by atoms with van der Waals surface area (Å²) in [6.07, 6.45) is 3.15. The number of hydrogen-bond acceptors (Lipinski definition) is 5. The van der Waals surface area contributed by atoms with Gasteiger partial charge in [-0.05, 0) is 36.1 Å². The molecule has 106 valence electrons. The Morgan fingerprint density at radius 2 is 2.25 bits per heavy atom. The first kappa shape index (κ1) is 13.8. The first-order valence-corrected chi connectivity index (χ1v) is 8.71. The van der Waals surface area contributed by atoms with Crippen molar-refractivity contribution in [3.63, 3.8) is 0 Å². The number of fused-ring (bicyclic) bond motifs is 1. The lowest BCUT2D eigenvalue weighted by Crippen LogP contribution is -2.10. The average molecular weight is 330 g/mol. The van der Waals surface area contributed by atoms with Crippen LogP contribution >= 0.6 is 22.9 Å². The number of halogens is 1. The molecule has 0 amide bonds. The van der Waals surface area contributed by atoms with Crippen LogP contribution in [0.25, 0.3) is 0 Å². The number of anilines is 1. The molecule has 1 aliphatic carbocycles.